The molecule has 0 saturated heterocycles. The van der Waals surface area contributed by atoms with Crippen LogP contribution < -0.4 is 0 Å². The summed E-state index contributed by atoms with van der Waals surface area (Å²) in [6, 6.07) is 63.5. The molecule has 0 bridgehead atoms. The summed E-state index contributed by atoms with van der Waals surface area (Å²) in [4.78, 5) is 0. The van der Waals surface area contributed by atoms with Gasteiger partial charge in [-0.15, -0.1) is 11.3 Å². The summed E-state index contributed by atoms with van der Waals surface area (Å²) in [7, 11) is 0. The lowest BCUT2D eigenvalue weighted by Gasteiger charge is -2.23. The van der Waals surface area contributed by atoms with E-state index >= 15 is 0 Å². The highest BCUT2D eigenvalue weighted by atomic mass is 32.1. The van der Waals surface area contributed by atoms with E-state index in [4.69, 9.17) is 0 Å². The van der Waals surface area contributed by atoms with E-state index < -0.39 is 0 Å². The summed E-state index contributed by atoms with van der Waals surface area (Å²) in [5, 5.41) is 10.5. The van der Waals surface area contributed by atoms with Crippen molar-refractivity contribution in [3.05, 3.63) is 181 Å². The van der Waals surface area contributed by atoms with Gasteiger partial charge in [0.2, 0.25) is 0 Å². The first-order chi connectivity index (χ1) is 25.6. The van der Waals surface area contributed by atoms with Crippen LogP contribution in [0.5, 0.6) is 0 Å². The van der Waals surface area contributed by atoms with E-state index in [1.807, 2.05) is 11.3 Å². The topological polar surface area (TPSA) is 0 Å². The number of hydrogen-bond donors (Lipinski definition) is 0. The normalized spacial score (nSPS) is 13.3. The molecule has 0 N–H and O–H groups in total. The number of benzene rings is 9. The van der Waals surface area contributed by atoms with Gasteiger partial charge in [0.1, 0.15) is 0 Å². The summed E-state index contributed by atoms with van der Waals surface area (Å²) in [6.45, 7) is 4.76. The molecule has 10 aromatic rings. The van der Waals surface area contributed by atoms with Crippen molar-refractivity contribution < 1.29 is 0 Å². The minimum Gasteiger partial charge on any atom is -0.135 e. The molecule has 1 heteroatoms. The molecule has 11 rings (SSSR count). The second-order valence-electron chi connectivity index (χ2n) is 14.8. The summed E-state index contributed by atoms with van der Waals surface area (Å²) in [6.07, 6.45) is 0. The molecule has 1 aliphatic carbocycles. The summed E-state index contributed by atoms with van der Waals surface area (Å²) < 4.78 is 2.68. The van der Waals surface area contributed by atoms with E-state index in [9.17, 15) is 0 Å². The van der Waals surface area contributed by atoms with Crippen LogP contribution in [0.15, 0.2) is 170 Å². The van der Waals surface area contributed by atoms with E-state index in [1.54, 1.807) is 0 Å². The molecule has 244 valence electrons. The Balaban J connectivity index is 1.12. The van der Waals surface area contributed by atoms with Crippen LogP contribution in [0.25, 0.3) is 97.0 Å². The van der Waals surface area contributed by atoms with Gasteiger partial charge in [-0.2, -0.15) is 0 Å². The Labute approximate surface area is 307 Å². The van der Waals surface area contributed by atoms with Gasteiger partial charge in [-0.1, -0.05) is 166 Å². The second-order valence-corrected chi connectivity index (χ2v) is 15.8. The van der Waals surface area contributed by atoms with Crippen molar-refractivity contribution in [2.45, 2.75) is 19.3 Å². The van der Waals surface area contributed by atoms with Crippen LogP contribution in [-0.2, 0) is 5.41 Å². The van der Waals surface area contributed by atoms with E-state index in [1.165, 1.54) is 108 Å². The highest BCUT2D eigenvalue weighted by Gasteiger charge is 2.37. The lowest BCUT2D eigenvalue weighted by atomic mass is 9.80. The van der Waals surface area contributed by atoms with Crippen molar-refractivity contribution in [1.82, 2.24) is 0 Å². The zero-order chi connectivity index (χ0) is 34.6. The van der Waals surface area contributed by atoms with E-state index in [0.29, 0.717) is 0 Å². The van der Waals surface area contributed by atoms with Crippen molar-refractivity contribution in [2.24, 2.45) is 0 Å². The first-order valence-electron chi connectivity index (χ1n) is 18.2. The van der Waals surface area contributed by atoms with Gasteiger partial charge in [-0.25, -0.2) is 0 Å². The Hall–Kier alpha value is -6.02. The third kappa shape index (κ3) is 4.15. The molecule has 0 unspecified atom stereocenters. The predicted molar refractivity (Wildman–Crippen MR) is 226 cm³/mol. The van der Waals surface area contributed by atoms with Crippen molar-refractivity contribution in [1.29, 1.82) is 0 Å². The van der Waals surface area contributed by atoms with Gasteiger partial charge < -0.3 is 0 Å². The quantitative estimate of drug-likeness (QED) is 0.163. The standard InChI is InChI=1S/C51H34S/c1-51(2)45-28-26-33(30-44(45)41-27-25-31-13-3-4-16-35(31)49(41)51)32-14-11-15-34(29-32)47-37-18-5-7-20-39(37)48(40-21-8-6-19-38(40)47)43-23-12-22-42-36-17-9-10-24-46(36)52-50(42)43/h3-30H,1-2H3. The zero-order valence-corrected chi connectivity index (χ0v) is 29.9. The fourth-order valence-corrected chi connectivity index (χ4v) is 10.5. The molecule has 1 aromatic heterocycles. The number of rotatable bonds is 3. The van der Waals surface area contributed by atoms with Crippen LogP contribution in [0, 0.1) is 0 Å². The maximum Gasteiger partial charge on any atom is 0.0434 e. The van der Waals surface area contributed by atoms with Crippen LogP contribution in [0.3, 0.4) is 0 Å². The fourth-order valence-electron chi connectivity index (χ4n) is 9.32. The average molecular weight is 679 g/mol. The molecule has 1 aliphatic rings. The van der Waals surface area contributed by atoms with Crippen LogP contribution >= 0.6 is 11.3 Å². The van der Waals surface area contributed by atoms with E-state index in [0.717, 1.165) is 0 Å². The van der Waals surface area contributed by atoms with Crippen LogP contribution in [0.1, 0.15) is 25.0 Å². The molecule has 0 amide bonds. The van der Waals surface area contributed by atoms with Crippen LogP contribution in [0.2, 0.25) is 0 Å². The van der Waals surface area contributed by atoms with Gasteiger partial charge in [-0.05, 0) is 101 Å². The Bertz CT molecular complexity index is 3040. The molecule has 0 spiro atoms. The maximum atomic E-state index is 2.43. The molecule has 52 heavy (non-hydrogen) atoms. The van der Waals surface area contributed by atoms with Gasteiger partial charge in [0.25, 0.3) is 0 Å². The van der Waals surface area contributed by atoms with Crippen LogP contribution in [0.4, 0.5) is 0 Å². The average Bonchev–Trinajstić information content (AvgIpc) is 3.69. The maximum absolute atomic E-state index is 2.43. The lowest BCUT2D eigenvalue weighted by Crippen LogP contribution is -2.15. The monoisotopic (exact) mass is 678 g/mol. The molecule has 0 saturated carbocycles. The molecule has 0 fully saturated rings. The molecule has 0 radical (unpaired) electrons. The summed E-state index contributed by atoms with van der Waals surface area (Å²) in [5.74, 6) is 0. The highest BCUT2D eigenvalue weighted by molar-refractivity contribution is 7.26. The van der Waals surface area contributed by atoms with Crippen molar-refractivity contribution >= 4 is 63.8 Å². The molecule has 0 aliphatic heterocycles. The Morgan fingerprint density at radius 2 is 0.981 bits per heavy atom. The molecule has 0 atom stereocenters. The summed E-state index contributed by atoms with van der Waals surface area (Å²) in [5.41, 5.74) is 13.1. The largest absolute Gasteiger partial charge is 0.135 e. The van der Waals surface area contributed by atoms with Crippen molar-refractivity contribution in [2.75, 3.05) is 0 Å². The van der Waals surface area contributed by atoms with Gasteiger partial charge in [-0.3, -0.25) is 0 Å². The molecular weight excluding hydrogens is 645 g/mol. The number of thiophene rings is 1. The highest BCUT2D eigenvalue weighted by Crippen LogP contribution is 2.53. The van der Waals surface area contributed by atoms with Gasteiger partial charge in [0, 0.05) is 31.2 Å². The van der Waals surface area contributed by atoms with Crippen LogP contribution in [-0.4, -0.2) is 0 Å². The zero-order valence-electron chi connectivity index (χ0n) is 29.1. The SMILES string of the molecule is CC1(C)c2ccc(-c3cccc(-c4c5ccccc5c(-c5cccc6c5sc5ccccc56)c5ccccc45)c3)cc2-c2ccc3ccccc3c21. The summed E-state index contributed by atoms with van der Waals surface area (Å²) >= 11 is 1.90. The van der Waals surface area contributed by atoms with E-state index in [-0.39, 0.29) is 5.41 Å². The lowest BCUT2D eigenvalue weighted by molar-refractivity contribution is 0.666. The van der Waals surface area contributed by atoms with Gasteiger partial charge in [0.15, 0.2) is 0 Å². The minimum atomic E-state index is -0.0638. The minimum absolute atomic E-state index is 0.0638. The molecule has 1 heterocycles. The molecule has 0 nitrogen and oxygen atoms in total. The fraction of sp³-hybridized carbons (Fsp3) is 0.0588. The number of hydrogen-bond acceptors (Lipinski definition) is 1. The van der Waals surface area contributed by atoms with Gasteiger partial charge >= 0.3 is 0 Å². The number of fused-ring (bicyclic) bond motifs is 10. The van der Waals surface area contributed by atoms with Crippen molar-refractivity contribution in [3.63, 3.8) is 0 Å². The first kappa shape index (κ1) is 29.7. The predicted octanol–water partition coefficient (Wildman–Crippen LogP) is 14.8. The molecular formula is C51H34S. The first-order valence-corrected chi connectivity index (χ1v) is 19.0. The Morgan fingerprint density at radius 3 is 1.75 bits per heavy atom. The third-order valence-electron chi connectivity index (χ3n) is 11.6. The smallest absolute Gasteiger partial charge is 0.0434 e. The van der Waals surface area contributed by atoms with Gasteiger partial charge in [0.05, 0.1) is 0 Å². The second kappa shape index (κ2) is 11.0. The Kier molecular flexibility index (Phi) is 6.27. The molecule has 9 aromatic carbocycles. The van der Waals surface area contributed by atoms with Crippen molar-refractivity contribution in [3.8, 4) is 44.5 Å². The Morgan fingerprint density at radius 1 is 0.385 bits per heavy atom. The third-order valence-corrected chi connectivity index (χ3v) is 12.8. The van der Waals surface area contributed by atoms with E-state index in [2.05, 4.69) is 184 Å².